The normalized spacial score (nSPS) is 13.9. The third-order valence-corrected chi connectivity index (χ3v) is 4.53. The van der Waals surface area contributed by atoms with Crippen LogP contribution >= 0.6 is 11.5 Å². The molecule has 1 aliphatic heterocycles. The summed E-state index contributed by atoms with van der Waals surface area (Å²) in [6.07, 6.45) is 0.953. The summed E-state index contributed by atoms with van der Waals surface area (Å²) < 4.78 is 20.2. The minimum Gasteiger partial charge on any atom is -0.493 e. The Kier molecular flexibility index (Phi) is 4.44. The molecular formula is C15H19N3O3S. The summed E-state index contributed by atoms with van der Waals surface area (Å²) in [6.45, 7) is 2.17. The number of anilines is 1. The first-order valence-electron chi connectivity index (χ1n) is 7.05. The number of rotatable bonds is 5. The van der Waals surface area contributed by atoms with E-state index in [1.165, 1.54) is 22.7 Å². The maximum Gasteiger partial charge on any atom is 0.205 e. The minimum atomic E-state index is 0.450. The highest BCUT2D eigenvalue weighted by Crippen LogP contribution is 2.34. The molecule has 2 aromatic rings. The van der Waals surface area contributed by atoms with Crippen LogP contribution in [-0.2, 0) is 24.3 Å². The van der Waals surface area contributed by atoms with Crippen molar-refractivity contribution < 1.29 is 14.2 Å². The van der Waals surface area contributed by atoms with Gasteiger partial charge >= 0.3 is 0 Å². The smallest absolute Gasteiger partial charge is 0.205 e. The molecule has 0 unspecified atom stereocenters. The van der Waals surface area contributed by atoms with Crippen LogP contribution in [0.5, 0.6) is 11.5 Å². The van der Waals surface area contributed by atoms with Gasteiger partial charge in [-0.1, -0.05) is 0 Å². The van der Waals surface area contributed by atoms with Crippen LogP contribution in [0.3, 0.4) is 0 Å². The van der Waals surface area contributed by atoms with Crippen molar-refractivity contribution in [3.05, 3.63) is 29.1 Å². The highest BCUT2D eigenvalue weighted by molar-refractivity contribution is 7.09. The zero-order valence-electron chi connectivity index (χ0n) is 13.0. The van der Waals surface area contributed by atoms with Gasteiger partial charge in [0.25, 0.3) is 0 Å². The summed E-state index contributed by atoms with van der Waals surface area (Å²) >= 11 is 1.42. The molecule has 0 saturated heterocycles. The van der Waals surface area contributed by atoms with Gasteiger partial charge in [0.05, 0.1) is 14.2 Å². The topological polar surface area (TPSA) is 56.7 Å². The van der Waals surface area contributed by atoms with Gasteiger partial charge in [-0.25, -0.2) is 4.98 Å². The lowest BCUT2D eigenvalue weighted by atomic mass is 9.99. The number of nitrogens with zero attached hydrogens (tertiary/aromatic N) is 3. The Labute approximate surface area is 133 Å². The molecule has 7 heteroatoms. The lowest BCUT2D eigenvalue weighted by molar-refractivity contribution is 0.179. The van der Waals surface area contributed by atoms with Gasteiger partial charge < -0.3 is 19.1 Å². The predicted molar refractivity (Wildman–Crippen MR) is 84.9 cm³/mol. The van der Waals surface area contributed by atoms with Gasteiger partial charge in [0.1, 0.15) is 6.61 Å². The first-order valence-corrected chi connectivity index (χ1v) is 7.82. The molecule has 1 aliphatic rings. The number of hydrogen-bond donors (Lipinski definition) is 0. The van der Waals surface area contributed by atoms with Crippen molar-refractivity contribution in [2.24, 2.45) is 0 Å². The number of fused-ring (bicyclic) bond motifs is 1. The van der Waals surface area contributed by atoms with E-state index in [1.807, 2.05) is 0 Å². The van der Waals surface area contributed by atoms with E-state index in [-0.39, 0.29) is 0 Å². The molecule has 1 aromatic carbocycles. The number of aromatic nitrogens is 2. The van der Waals surface area contributed by atoms with Gasteiger partial charge in [0, 0.05) is 31.7 Å². The molecule has 22 heavy (non-hydrogen) atoms. The number of ether oxygens (including phenoxy) is 3. The molecule has 0 saturated carbocycles. The van der Waals surface area contributed by atoms with Gasteiger partial charge in [-0.2, -0.15) is 4.37 Å². The zero-order valence-corrected chi connectivity index (χ0v) is 13.8. The second kappa shape index (κ2) is 6.50. The SMILES string of the molecule is COCc1nsc(N2CCc3cc(OC)c(OC)cc3C2)n1. The van der Waals surface area contributed by atoms with Crippen LogP contribution in [0.15, 0.2) is 12.1 Å². The van der Waals surface area contributed by atoms with Crippen molar-refractivity contribution in [1.29, 1.82) is 0 Å². The highest BCUT2D eigenvalue weighted by Gasteiger charge is 2.22. The number of benzene rings is 1. The van der Waals surface area contributed by atoms with E-state index in [0.29, 0.717) is 6.61 Å². The molecule has 1 aromatic heterocycles. The Balaban J connectivity index is 1.83. The molecule has 0 aliphatic carbocycles. The van der Waals surface area contributed by atoms with Crippen LogP contribution in [0.4, 0.5) is 5.13 Å². The molecule has 3 rings (SSSR count). The molecule has 0 spiro atoms. The van der Waals surface area contributed by atoms with E-state index >= 15 is 0 Å². The molecular weight excluding hydrogens is 302 g/mol. The van der Waals surface area contributed by atoms with E-state index in [2.05, 4.69) is 26.4 Å². The van der Waals surface area contributed by atoms with E-state index in [1.54, 1.807) is 21.3 Å². The summed E-state index contributed by atoms with van der Waals surface area (Å²) in [5, 5.41) is 0.937. The molecule has 0 atom stereocenters. The predicted octanol–water partition coefficient (Wildman–Crippen LogP) is 2.26. The molecule has 0 N–H and O–H groups in total. The van der Waals surface area contributed by atoms with E-state index < -0.39 is 0 Å². The lowest BCUT2D eigenvalue weighted by Crippen LogP contribution is -2.30. The maximum absolute atomic E-state index is 5.39. The Morgan fingerprint density at radius 2 is 1.86 bits per heavy atom. The monoisotopic (exact) mass is 321 g/mol. The van der Waals surface area contributed by atoms with Crippen LogP contribution in [0.1, 0.15) is 17.0 Å². The summed E-state index contributed by atoms with van der Waals surface area (Å²) in [6, 6.07) is 4.12. The largest absolute Gasteiger partial charge is 0.493 e. The molecule has 0 radical (unpaired) electrons. The summed E-state index contributed by atoms with van der Waals surface area (Å²) in [5.41, 5.74) is 2.54. The summed E-state index contributed by atoms with van der Waals surface area (Å²) in [5.74, 6) is 2.29. The van der Waals surface area contributed by atoms with Gasteiger partial charge in [-0.3, -0.25) is 0 Å². The van der Waals surface area contributed by atoms with E-state index in [9.17, 15) is 0 Å². The fourth-order valence-electron chi connectivity index (χ4n) is 2.61. The van der Waals surface area contributed by atoms with Crippen molar-refractivity contribution in [2.75, 3.05) is 32.8 Å². The molecule has 0 bridgehead atoms. The average molecular weight is 321 g/mol. The third-order valence-electron chi connectivity index (χ3n) is 3.72. The quantitative estimate of drug-likeness (QED) is 0.842. The van der Waals surface area contributed by atoms with Gasteiger partial charge in [0.15, 0.2) is 17.3 Å². The number of methoxy groups -OCH3 is 3. The average Bonchev–Trinajstić information content (AvgIpc) is 3.02. The Hall–Kier alpha value is -1.86. The zero-order chi connectivity index (χ0) is 15.5. The third kappa shape index (κ3) is 2.86. The second-order valence-corrected chi connectivity index (χ2v) is 5.80. The second-order valence-electron chi connectivity index (χ2n) is 5.07. The molecule has 2 heterocycles. The highest BCUT2D eigenvalue weighted by atomic mass is 32.1. The van der Waals surface area contributed by atoms with E-state index in [0.717, 1.165) is 42.0 Å². The van der Waals surface area contributed by atoms with Crippen molar-refractivity contribution in [3.63, 3.8) is 0 Å². The fraction of sp³-hybridized carbons (Fsp3) is 0.467. The van der Waals surface area contributed by atoms with Gasteiger partial charge in [0.2, 0.25) is 5.13 Å². The minimum absolute atomic E-state index is 0.450. The maximum atomic E-state index is 5.39. The summed E-state index contributed by atoms with van der Waals surface area (Å²) in [7, 11) is 4.97. The summed E-state index contributed by atoms with van der Waals surface area (Å²) in [4.78, 5) is 6.77. The first-order chi connectivity index (χ1) is 10.7. The molecule has 6 nitrogen and oxygen atoms in total. The Morgan fingerprint density at radius 1 is 1.14 bits per heavy atom. The van der Waals surface area contributed by atoms with Crippen LogP contribution in [0.25, 0.3) is 0 Å². The Morgan fingerprint density at radius 3 is 2.55 bits per heavy atom. The molecule has 0 amide bonds. The fourth-order valence-corrected chi connectivity index (χ4v) is 3.31. The first kappa shape index (κ1) is 15.1. The van der Waals surface area contributed by atoms with Gasteiger partial charge in [-0.15, -0.1) is 0 Å². The van der Waals surface area contributed by atoms with Crippen LogP contribution in [0, 0.1) is 0 Å². The van der Waals surface area contributed by atoms with E-state index in [4.69, 9.17) is 14.2 Å². The van der Waals surface area contributed by atoms with Crippen LogP contribution in [-0.4, -0.2) is 37.2 Å². The van der Waals surface area contributed by atoms with Crippen molar-refractivity contribution in [2.45, 2.75) is 19.6 Å². The molecule has 118 valence electrons. The van der Waals surface area contributed by atoms with Crippen molar-refractivity contribution in [1.82, 2.24) is 9.36 Å². The Bertz CT molecular complexity index is 659. The number of hydrogen-bond acceptors (Lipinski definition) is 7. The standard InChI is InChI=1S/C15H19N3O3S/c1-19-9-14-16-15(22-17-14)18-5-4-10-6-12(20-2)13(21-3)7-11(10)8-18/h6-7H,4-5,8-9H2,1-3H3. The van der Waals surface area contributed by atoms with Crippen molar-refractivity contribution in [3.8, 4) is 11.5 Å². The van der Waals surface area contributed by atoms with Crippen LogP contribution in [0.2, 0.25) is 0 Å². The van der Waals surface area contributed by atoms with Gasteiger partial charge in [-0.05, 0) is 29.7 Å². The van der Waals surface area contributed by atoms with Crippen molar-refractivity contribution >= 4 is 16.7 Å². The molecule has 0 fully saturated rings. The lowest BCUT2D eigenvalue weighted by Gasteiger charge is -2.28. The van der Waals surface area contributed by atoms with Crippen LogP contribution < -0.4 is 14.4 Å².